The van der Waals surface area contributed by atoms with E-state index in [1.54, 1.807) is 12.3 Å². The second kappa shape index (κ2) is 13.9. The van der Waals surface area contributed by atoms with E-state index in [4.69, 9.17) is 0 Å². The highest BCUT2D eigenvalue weighted by Crippen LogP contribution is 2.35. The van der Waals surface area contributed by atoms with Crippen molar-refractivity contribution in [2.75, 3.05) is 5.32 Å². The molecular weight excluding hydrogens is 634 g/mol. The number of nitrogens with one attached hydrogen (secondary N) is 1. The second-order valence-electron chi connectivity index (χ2n) is 8.55. The van der Waals surface area contributed by atoms with Crippen LogP contribution in [0.5, 0.6) is 0 Å². The van der Waals surface area contributed by atoms with Gasteiger partial charge in [0.15, 0.2) is 0 Å². The lowest BCUT2D eigenvalue weighted by atomic mass is 9.96. The van der Waals surface area contributed by atoms with Gasteiger partial charge < -0.3 is 5.32 Å². The number of thiol groups is 1. The Hall–Kier alpha value is -1.65. The lowest BCUT2D eigenvalue weighted by molar-refractivity contribution is -0.0877. The minimum Gasteiger partial charge on any atom is -0.361 e. The molecule has 2 aromatic heterocycles. The molecule has 0 bridgehead atoms. The largest absolute Gasteiger partial charge is 0.415 e. The Balaban J connectivity index is 0.00000115. The molecule has 0 spiro atoms. The Bertz CT molecular complexity index is 1260. The minimum atomic E-state index is -4.49. The highest BCUT2D eigenvalue weighted by molar-refractivity contribution is 14.2. The van der Waals surface area contributed by atoms with E-state index in [0.717, 1.165) is 24.6 Å². The molecule has 1 aromatic carbocycles. The summed E-state index contributed by atoms with van der Waals surface area (Å²) in [7, 11) is 5.99. The van der Waals surface area contributed by atoms with Crippen molar-refractivity contribution < 1.29 is 17.6 Å². The zero-order valence-corrected chi connectivity index (χ0v) is 25.4. The number of alkyl halides is 3. The van der Waals surface area contributed by atoms with Crippen molar-refractivity contribution >= 4 is 67.7 Å². The molecule has 0 aliphatic carbocycles. The van der Waals surface area contributed by atoms with Crippen LogP contribution in [0.1, 0.15) is 58.0 Å². The topological polar surface area (TPSA) is 42.7 Å². The lowest BCUT2D eigenvalue weighted by Crippen LogP contribution is -2.22. The second-order valence-corrected chi connectivity index (χ2v) is 9.22. The average Bonchev–Trinajstić information content (AvgIpc) is 3.29. The molecule has 0 radical (unpaired) electrons. The number of allylic oxidation sites excluding steroid dienone is 3. The molecule has 202 valence electrons. The molecule has 0 amide bonds. The third-order valence-electron chi connectivity index (χ3n) is 5.81. The third kappa shape index (κ3) is 7.69. The summed E-state index contributed by atoms with van der Waals surface area (Å²) in [4.78, 5) is 4.43. The maximum Gasteiger partial charge on any atom is 0.415 e. The molecule has 3 aromatic rings. The fourth-order valence-corrected chi connectivity index (χ4v) is 4.43. The van der Waals surface area contributed by atoms with Gasteiger partial charge in [-0.15, -0.1) is 19.0 Å². The van der Waals surface area contributed by atoms with Gasteiger partial charge >= 0.3 is 6.18 Å². The monoisotopic (exact) mass is 666 g/mol. The molecule has 0 fully saturated rings. The first-order chi connectivity index (χ1) is 17.5. The molecule has 2 atom stereocenters. The number of halogens is 5. The quantitative estimate of drug-likeness (QED) is 0.0945. The predicted octanol–water partition coefficient (Wildman–Crippen LogP) is 8.47. The summed E-state index contributed by atoms with van der Waals surface area (Å²) in [6, 6.07) is 6.61. The predicted molar refractivity (Wildman–Crippen MR) is 161 cm³/mol. The fraction of sp³-hybridized carbons (Fsp3) is 0.385. The summed E-state index contributed by atoms with van der Waals surface area (Å²) in [6.45, 7) is 11.5. The number of hydrogen-bond donors (Lipinski definition) is 2. The van der Waals surface area contributed by atoms with Gasteiger partial charge in [-0.25, -0.2) is 9.37 Å². The molecule has 11 heteroatoms. The molecule has 1 aliphatic heterocycles. The molecule has 37 heavy (non-hydrogen) atoms. The Morgan fingerprint density at radius 3 is 2.54 bits per heavy atom. The number of rotatable bonds is 5. The number of hydrogen-bond acceptors (Lipinski definition) is 4. The van der Waals surface area contributed by atoms with Crippen LogP contribution in [0.3, 0.4) is 0 Å². The van der Waals surface area contributed by atoms with Crippen molar-refractivity contribution in [3.8, 4) is 0 Å². The van der Waals surface area contributed by atoms with E-state index in [1.165, 1.54) is 6.07 Å². The van der Waals surface area contributed by atoms with Gasteiger partial charge in [0.1, 0.15) is 11.6 Å². The minimum absolute atomic E-state index is 0.159. The van der Waals surface area contributed by atoms with Crippen LogP contribution < -0.4 is 10.6 Å². The van der Waals surface area contributed by atoms with Gasteiger partial charge in [0.25, 0.3) is 0 Å². The van der Waals surface area contributed by atoms with Crippen molar-refractivity contribution in [1.82, 2.24) is 14.8 Å². The number of pyridine rings is 1. The summed E-state index contributed by atoms with van der Waals surface area (Å²) in [6.07, 6.45) is -0.214. The van der Waals surface area contributed by atoms with E-state index in [-0.39, 0.29) is 17.8 Å². The summed E-state index contributed by atoms with van der Waals surface area (Å²) in [5.74, 6) is 0.0631. The first-order valence-electron chi connectivity index (χ1n) is 11.9. The Kier molecular flexibility index (Phi) is 11.9. The molecule has 0 saturated carbocycles. The van der Waals surface area contributed by atoms with Crippen molar-refractivity contribution in [1.29, 1.82) is 0 Å². The van der Waals surface area contributed by atoms with Crippen LogP contribution in [0.25, 0.3) is 16.3 Å². The smallest absolute Gasteiger partial charge is 0.361 e. The van der Waals surface area contributed by atoms with Crippen LogP contribution >= 0.6 is 40.2 Å². The van der Waals surface area contributed by atoms with Crippen LogP contribution in [0.2, 0.25) is 0 Å². The van der Waals surface area contributed by atoms with Gasteiger partial charge in [0, 0.05) is 29.1 Å². The normalized spacial score (nSPS) is 15.4. The summed E-state index contributed by atoms with van der Waals surface area (Å²) in [5.41, 5.74) is 0.947. The maximum atomic E-state index is 14.4. The van der Waals surface area contributed by atoms with E-state index < -0.39 is 11.7 Å². The van der Waals surface area contributed by atoms with E-state index in [9.17, 15) is 17.6 Å². The van der Waals surface area contributed by atoms with E-state index in [1.807, 2.05) is 65.7 Å². The van der Waals surface area contributed by atoms with Crippen molar-refractivity contribution in [2.24, 2.45) is 5.92 Å². The number of aryl methyl sites for hydroxylation is 1. The number of benzene rings is 1. The van der Waals surface area contributed by atoms with Gasteiger partial charge in [-0.2, -0.15) is 18.3 Å². The maximum absolute atomic E-state index is 14.4. The van der Waals surface area contributed by atoms with Crippen molar-refractivity contribution in [3.05, 3.63) is 65.9 Å². The zero-order chi connectivity index (χ0) is 27.9. The fourth-order valence-electron chi connectivity index (χ4n) is 4.12. The molecule has 1 aliphatic rings. The first-order valence-corrected chi connectivity index (χ1v) is 15.7. The zero-order valence-electron chi connectivity index (χ0n) is 21.2. The van der Waals surface area contributed by atoms with Crippen LogP contribution in [0.4, 0.5) is 23.4 Å². The van der Waals surface area contributed by atoms with Crippen molar-refractivity contribution in [3.63, 3.8) is 0 Å². The van der Waals surface area contributed by atoms with Gasteiger partial charge in [-0.1, -0.05) is 34.3 Å². The van der Waals surface area contributed by atoms with Crippen LogP contribution in [0, 0.1) is 11.7 Å². The van der Waals surface area contributed by atoms with Gasteiger partial charge in [-0.05, 0) is 81.2 Å². The van der Waals surface area contributed by atoms with Gasteiger partial charge in [-0.3, -0.25) is 4.68 Å². The number of anilines is 1. The number of nitrogens with zero attached hydrogens (tertiary/aromatic N) is 3. The Morgan fingerprint density at radius 1 is 1.24 bits per heavy atom. The van der Waals surface area contributed by atoms with Crippen LogP contribution in [-0.4, -0.2) is 20.9 Å². The molecule has 4 rings (SSSR count). The first kappa shape index (κ1) is 31.6. The number of fused-ring (bicyclic) bond motifs is 2. The number of aromatic nitrogens is 3. The van der Waals surface area contributed by atoms with Gasteiger partial charge in [0.2, 0.25) is 0 Å². The van der Waals surface area contributed by atoms with Crippen molar-refractivity contribution in [2.45, 2.75) is 59.3 Å². The highest BCUT2D eigenvalue weighted by Gasteiger charge is 2.32. The lowest BCUT2D eigenvalue weighted by Gasteiger charge is -2.25. The third-order valence-corrected chi connectivity index (χ3v) is 6.14. The SMILES string of the molecule is C=C(/C=C(/c1cc2n(n1)CCCC2Nc1nccc2c(F)cc(P)cc12)C(C)C)C(F)(F)F.CC.SI. The van der Waals surface area contributed by atoms with E-state index >= 15 is 0 Å². The standard InChI is InChI=1S/C24H25F4N4P.C2H6.HIS/c1-13(2)17(9-14(3)24(26,27)28)21-12-22-20(5-4-8-32(22)31-21)30-23-18-10-15(33)11-19(25)16(18)6-7-29-23;2*1-2/h6-7,9-13,20H,3-5,8,33H2,1-2H3,(H,29,30);1-2H3;2H/b17-9+;;. The molecule has 3 heterocycles. The molecular formula is C26H32F4IN4PS. The Labute approximate surface area is 235 Å². The van der Waals surface area contributed by atoms with Crippen LogP contribution in [-0.2, 0) is 6.54 Å². The summed E-state index contributed by atoms with van der Waals surface area (Å²) in [5, 5.41) is 9.88. The Morgan fingerprint density at radius 2 is 1.92 bits per heavy atom. The van der Waals surface area contributed by atoms with Crippen LogP contribution in [0.15, 0.2) is 48.7 Å². The van der Waals surface area contributed by atoms with Gasteiger partial charge in [0.05, 0.1) is 17.4 Å². The highest BCUT2D eigenvalue weighted by atomic mass is 127. The average molecular weight is 667 g/mol. The molecule has 2 unspecified atom stereocenters. The summed E-state index contributed by atoms with van der Waals surface area (Å²) >= 11 is 1.84. The molecule has 1 N–H and O–H groups in total. The van der Waals surface area contributed by atoms with E-state index in [0.29, 0.717) is 39.7 Å². The molecule has 4 nitrogen and oxygen atoms in total. The van der Waals surface area contributed by atoms with E-state index in [2.05, 4.69) is 41.0 Å². The molecule has 0 saturated heterocycles. The summed E-state index contributed by atoms with van der Waals surface area (Å²) < 4.78 is 55.5.